The van der Waals surface area contributed by atoms with E-state index in [2.05, 4.69) is 15.9 Å². The highest BCUT2D eigenvalue weighted by Gasteiger charge is 2.13. The summed E-state index contributed by atoms with van der Waals surface area (Å²) in [4.78, 5) is 0. The van der Waals surface area contributed by atoms with Gasteiger partial charge >= 0.3 is 0 Å². The summed E-state index contributed by atoms with van der Waals surface area (Å²) in [7, 11) is 0. The van der Waals surface area contributed by atoms with Gasteiger partial charge in [0.15, 0.2) is 0 Å². The third-order valence-electron chi connectivity index (χ3n) is 3.12. The van der Waals surface area contributed by atoms with Crippen molar-refractivity contribution in [2.75, 3.05) is 0 Å². The maximum atomic E-state index is 13.6. The summed E-state index contributed by atoms with van der Waals surface area (Å²) in [5.74, 6) is -0.173. The Hall–Kier alpha value is -0.900. The van der Waals surface area contributed by atoms with Crippen molar-refractivity contribution >= 4 is 27.5 Å². The molecule has 2 aromatic carbocycles. The molecule has 0 spiro atoms. The second-order valence-electron chi connectivity index (χ2n) is 4.62. The van der Waals surface area contributed by atoms with Crippen LogP contribution in [-0.4, -0.2) is 0 Å². The Balaban J connectivity index is 2.43. The number of halogens is 3. The highest BCUT2D eigenvalue weighted by molar-refractivity contribution is 9.10. The Morgan fingerprint density at radius 1 is 1.11 bits per heavy atom. The van der Waals surface area contributed by atoms with E-state index in [0.29, 0.717) is 16.1 Å². The number of aryl methyl sites for hydroxylation is 2. The van der Waals surface area contributed by atoms with Gasteiger partial charge in [0.1, 0.15) is 5.82 Å². The molecule has 0 fully saturated rings. The van der Waals surface area contributed by atoms with Gasteiger partial charge in [-0.05, 0) is 64.2 Å². The topological polar surface area (TPSA) is 26.0 Å². The molecule has 4 heteroatoms. The Bertz CT molecular complexity index is 605. The van der Waals surface area contributed by atoms with E-state index in [9.17, 15) is 4.39 Å². The zero-order valence-electron chi connectivity index (χ0n) is 10.7. The Kier molecular flexibility index (Phi) is 4.29. The first-order chi connectivity index (χ1) is 8.90. The monoisotopic (exact) mass is 341 g/mol. The van der Waals surface area contributed by atoms with Gasteiger partial charge in [0.2, 0.25) is 0 Å². The number of benzene rings is 2. The average Bonchev–Trinajstić information content (AvgIpc) is 2.37. The summed E-state index contributed by atoms with van der Waals surface area (Å²) in [6, 6.07) is 8.84. The zero-order chi connectivity index (χ0) is 14.2. The van der Waals surface area contributed by atoms with Crippen LogP contribution in [0.25, 0.3) is 0 Å². The van der Waals surface area contributed by atoms with Crippen LogP contribution in [0, 0.1) is 19.7 Å². The molecular formula is C15H14BrClFN. The molecule has 2 aromatic rings. The van der Waals surface area contributed by atoms with E-state index in [1.165, 1.54) is 0 Å². The summed E-state index contributed by atoms with van der Waals surface area (Å²) in [5.41, 5.74) is 9.28. The first-order valence-corrected chi connectivity index (χ1v) is 7.04. The highest BCUT2D eigenvalue weighted by Crippen LogP contribution is 2.29. The van der Waals surface area contributed by atoms with Crippen molar-refractivity contribution in [3.05, 3.63) is 67.9 Å². The maximum absolute atomic E-state index is 13.6. The molecule has 0 aromatic heterocycles. The van der Waals surface area contributed by atoms with Crippen molar-refractivity contribution < 1.29 is 4.39 Å². The minimum Gasteiger partial charge on any atom is -0.320 e. The second-order valence-corrected chi connectivity index (χ2v) is 5.88. The van der Waals surface area contributed by atoms with Crippen LogP contribution in [0.2, 0.25) is 5.02 Å². The fourth-order valence-electron chi connectivity index (χ4n) is 2.06. The standard InChI is InChI=1S/C15H14BrClFN/c1-8-5-11(6-9(2)14(8)18)15(19)10-3-4-13(17)12(16)7-10/h3-7,15H,19H2,1-2H3. The molecule has 0 saturated carbocycles. The van der Waals surface area contributed by atoms with E-state index in [4.69, 9.17) is 17.3 Å². The van der Waals surface area contributed by atoms with Crippen LogP contribution in [-0.2, 0) is 0 Å². The number of nitrogens with two attached hydrogens (primary N) is 1. The van der Waals surface area contributed by atoms with E-state index in [1.54, 1.807) is 32.0 Å². The third kappa shape index (κ3) is 2.99. The Morgan fingerprint density at radius 2 is 1.68 bits per heavy atom. The van der Waals surface area contributed by atoms with Gasteiger partial charge in [-0.1, -0.05) is 29.8 Å². The lowest BCUT2D eigenvalue weighted by Gasteiger charge is -2.15. The molecule has 19 heavy (non-hydrogen) atoms. The lowest BCUT2D eigenvalue weighted by molar-refractivity contribution is 0.607. The summed E-state index contributed by atoms with van der Waals surface area (Å²) >= 11 is 9.35. The van der Waals surface area contributed by atoms with Crippen molar-refractivity contribution in [3.8, 4) is 0 Å². The molecule has 100 valence electrons. The minimum absolute atomic E-state index is 0.173. The molecule has 0 amide bonds. The molecule has 0 radical (unpaired) electrons. The largest absolute Gasteiger partial charge is 0.320 e. The van der Waals surface area contributed by atoms with Crippen LogP contribution < -0.4 is 5.73 Å². The first kappa shape index (κ1) is 14.5. The van der Waals surface area contributed by atoms with Crippen LogP contribution >= 0.6 is 27.5 Å². The zero-order valence-corrected chi connectivity index (χ0v) is 13.0. The van der Waals surface area contributed by atoms with E-state index in [-0.39, 0.29) is 11.9 Å². The van der Waals surface area contributed by atoms with Crippen LogP contribution in [0.3, 0.4) is 0 Å². The number of rotatable bonds is 2. The number of hydrogen-bond donors (Lipinski definition) is 1. The van der Waals surface area contributed by atoms with Gasteiger partial charge in [-0.25, -0.2) is 4.39 Å². The molecule has 0 saturated heterocycles. The fourth-order valence-corrected chi connectivity index (χ4v) is 2.57. The third-order valence-corrected chi connectivity index (χ3v) is 4.33. The average molecular weight is 343 g/mol. The molecule has 1 atom stereocenters. The molecule has 2 N–H and O–H groups in total. The SMILES string of the molecule is Cc1cc(C(N)c2ccc(Cl)c(Br)c2)cc(C)c1F. The Labute approximate surface area is 125 Å². The predicted octanol–water partition coefficient (Wildman–Crippen LogP) is 4.91. The molecule has 0 bridgehead atoms. The van der Waals surface area contributed by atoms with E-state index >= 15 is 0 Å². The number of hydrogen-bond acceptors (Lipinski definition) is 1. The van der Waals surface area contributed by atoms with Gasteiger partial charge in [0, 0.05) is 4.47 Å². The molecule has 0 heterocycles. The molecular weight excluding hydrogens is 329 g/mol. The van der Waals surface area contributed by atoms with E-state index in [0.717, 1.165) is 15.6 Å². The molecule has 1 unspecified atom stereocenters. The van der Waals surface area contributed by atoms with Gasteiger partial charge < -0.3 is 5.73 Å². The normalized spacial score (nSPS) is 12.5. The first-order valence-electron chi connectivity index (χ1n) is 5.87. The van der Waals surface area contributed by atoms with Crippen molar-refractivity contribution in [1.29, 1.82) is 0 Å². The van der Waals surface area contributed by atoms with Crippen LogP contribution in [0.5, 0.6) is 0 Å². The van der Waals surface area contributed by atoms with E-state index in [1.807, 2.05) is 12.1 Å². The second kappa shape index (κ2) is 5.61. The Morgan fingerprint density at radius 3 is 2.21 bits per heavy atom. The van der Waals surface area contributed by atoms with Gasteiger partial charge in [-0.3, -0.25) is 0 Å². The van der Waals surface area contributed by atoms with Crippen molar-refractivity contribution in [2.45, 2.75) is 19.9 Å². The van der Waals surface area contributed by atoms with Crippen LogP contribution in [0.4, 0.5) is 4.39 Å². The smallest absolute Gasteiger partial charge is 0.129 e. The highest BCUT2D eigenvalue weighted by atomic mass is 79.9. The summed E-state index contributed by atoms with van der Waals surface area (Å²) < 4.78 is 14.4. The van der Waals surface area contributed by atoms with Crippen LogP contribution in [0.1, 0.15) is 28.3 Å². The molecule has 0 aliphatic heterocycles. The lowest BCUT2D eigenvalue weighted by Crippen LogP contribution is -2.12. The fraction of sp³-hybridized carbons (Fsp3) is 0.200. The molecule has 0 aliphatic carbocycles. The molecule has 0 aliphatic rings. The summed E-state index contributed by atoms with van der Waals surface area (Å²) in [5, 5.41) is 0.641. The van der Waals surface area contributed by atoms with Crippen LogP contribution in [0.15, 0.2) is 34.8 Å². The van der Waals surface area contributed by atoms with Crippen molar-refractivity contribution in [3.63, 3.8) is 0 Å². The summed E-state index contributed by atoms with van der Waals surface area (Å²) in [6.07, 6.45) is 0. The maximum Gasteiger partial charge on any atom is 0.129 e. The summed E-state index contributed by atoms with van der Waals surface area (Å²) in [6.45, 7) is 3.49. The van der Waals surface area contributed by atoms with Crippen molar-refractivity contribution in [1.82, 2.24) is 0 Å². The quantitative estimate of drug-likeness (QED) is 0.825. The van der Waals surface area contributed by atoms with Gasteiger partial charge in [-0.2, -0.15) is 0 Å². The van der Waals surface area contributed by atoms with Gasteiger partial charge in [0.25, 0.3) is 0 Å². The lowest BCUT2D eigenvalue weighted by atomic mass is 9.96. The van der Waals surface area contributed by atoms with Gasteiger partial charge in [0.05, 0.1) is 11.1 Å². The predicted molar refractivity (Wildman–Crippen MR) is 81.1 cm³/mol. The van der Waals surface area contributed by atoms with Gasteiger partial charge in [-0.15, -0.1) is 0 Å². The molecule has 2 rings (SSSR count). The minimum atomic E-state index is -0.299. The molecule has 1 nitrogen and oxygen atoms in total. The van der Waals surface area contributed by atoms with Crippen molar-refractivity contribution in [2.24, 2.45) is 5.73 Å². The van der Waals surface area contributed by atoms with E-state index < -0.39 is 0 Å².